The molecule has 0 atom stereocenters. The first-order valence-corrected chi connectivity index (χ1v) is 5.88. The van der Waals surface area contributed by atoms with Crippen molar-refractivity contribution in [3.05, 3.63) is 32.1 Å². The number of nitrogens with one attached hydrogen (secondary N) is 1. The third-order valence-electron chi connectivity index (χ3n) is 3.34. The largest absolute Gasteiger partial charge is 0.329 e. The summed E-state index contributed by atoms with van der Waals surface area (Å²) >= 11 is 5.60. The Kier molecular flexibility index (Phi) is 2.93. The molecule has 2 rings (SSSR count). The van der Waals surface area contributed by atoms with Gasteiger partial charge in [-0.2, -0.15) is 0 Å². The molecule has 0 saturated heterocycles. The first kappa shape index (κ1) is 11.5. The second-order valence-corrected chi connectivity index (χ2v) is 5.27. The molecule has 5 heteroatoms. The number of H-pyrrole nitrogens is 1. The molecule has 1 N–H and O–H groups in total. The monoisotopic (exact) mass is 242 g/mol. The Balaban J connectivity index is 2.35. The maximum absolute atomic E-state index is 11.6. The van der Waals surface area contributed by atoms with Gasteiger partial charge in [-0.1, -0.05) is 31.4 Å². The fraction of sp³-hybridized carbons (Fsp3) is 0.636. The van der Waals surface area contributed by atoms with Gasteiger partial charge in [0.2, 0.25) is 0 Å². The molecule has 16 heavy (non-hydrogen) atoms. The van der Waals surface area contributed by atoms with Gasteiger partial charge in [-0.3, -0.25) is 14.3 Å². The average Bonchev–Trinajstić information content (AvgIpc) is 2.59. The van der Waals surface area contributed by atoms with Gasteiger partial charge in [-0.05, 0) is 18.3 Å². The minimum Gasteiger partial charge on any atom is -0.298 e. The van der Waals surface area contributed by atoms with Crippen LogP contribution in [-0.2, 0) is 6.54 Å². The summed E-state index contributed by atoms with van der Waals surface area (Å²) in [4.78, 5) is 25.7. The zero-order chi connectivity index (χ0) is 11.8. The van der Waals surface area contributed by atoms with Gasteiger partial charge in [0.05, 0.1) is 0 Å². The molecule has 1 aliphatic rings. The minimum absolute atomic E-state index is 0.0741. The summed E-state index contributed by atoms with van der Waals surface area (Å²) in [5.41, 5.74) is -0.655. The van der Waals surface area contributed by atoms with E-state index in [0.29, 0.717) is 6.54 Å². The van der Waals surface area contributed by atoms with Gasteiger partial charge in [0.15, 0.2) is 0 Å². The number of halogens is 1. The molecule has 1 aliphatic carbocycles. The van der Waals surface area contributed by atoms with E-state index in [2.05, 4.69) is 11.9 Å². The Morgan fingerprint density at radius 2 is 2.06 bits per heavy atom. The van der Waals surface area contributed by atoms with Crippen molar-refractivity contribution < 1.29 is 0 Å². The topological polar surface area (TPSA) is 54.9 Å². The van der Waals surface area contributed by atoms with Crippen molar-refractivity contribution in [1.82, 2.24) is 9.55 Å². The molecule has 0 amide bonds. The van der Waals surface area contributed by atoms with Gasteiger partial charge in [0, 0.05) is 12.6 Å². The second kappa shape index (κ2) is 4.09. The van der Waals surface area contributed by atoms with E-state index in [0.717, 1.165) is 12.8 Å². The van der Waals surface area contributed by atoms with Crippen LogP contribution < -0.4 is 11.2 Å². The lowest BCUT2D eigenvalue weighted by molar-refractivity contribution is 0.272. The predicted molar refractivity (Wildman–Crippen MR) is 62.9 cm³/mol. The summed E-state index contributed by atoms with van der Waals surface area (Å²) in [6.07, 6.45) is 4.50. The highest BCUT2D eigenvalue weighted by Gasteiger charge is 2.29. The molecular weight excluding hydrogens is 228 g/mol. The zero-order valence-corrected chi connectivity index (χ0v) is 10.0. The molecule has 1 fully saturated rings. The molecule has 0 unspecified atom stereocenters. The van der Waals surface area contributed by atoms with Crippen LogP contribution >= 0.6 is 11.6 Å². The van der Waals surface area contributed by atoms with E-state index in [1.54, 1.807) is 0 Å². The highest BCUT2D eigenvalue weighted by molar-refractivity contribution is 6.29. The molecule has 0 spiro atoms. The Morgan fingerprint density at radius 3 is 2.62 bits per heavy atom. The normalized spacial score (nSPS) is 18.9. The van der Waals surface area contributed by atoms with Crippen molar-refractivity contribution in [2.45, 2.75) is 39.2 Å². The van der Waals surface area contributed by atoms with E-state index < -0.39 is 5.69 Å². The first-order valence-electron chi connectivity index (χ1n) is 5.50. The fourth-order valence-electron chi connectivity index (χ4n) is 2.41. The van der Waals surface area contributed by atoms with Gasteiger partial charge in [0.25, 0.3) is 5.56 Å². The van der Waals surface area contributed by atoms with Crippen LogP contribution in [-0.4, -0.2) is 9.55 Å². The van der Waals surface area contributed by atoms with Crippen molar-refractivity contribution in [1.29, 1.82) is 0 Å². The number of rotatable bonds is 2. The van der Waals surface area contributed by atoms with Crippen LogP contribution in [0.25, 0.3) is 0 Å². The van der Waals surface area contributed by atoms with Crippen molar-refractivity contribution in [3.8, 4) is 0 Å². The SMILES string of the molecule is CC1(Cn2c(=O)cc(Cl)[nH]c2=O)CCCC1. The summed E-state index contributed by atoms with van der Waals surface area (Å²) < 4.78 is 1.25. The molecular formula is C11H15ClN2O2. The van der Waals surface area contributed by atoms with E-state index in [9.17, 15) is 9.59 Å². The van der Waals surface area contributed by atoms with Crippen LogP contribution in [0.4, 0.5) is 0 Å². The van der Waals surface area contributed by atoms with E-state index in [1.807, 2.05) is 0 Å². The highest BCUT2D eigenvalue weighted by Crippen LogP contribution is 2.38. The lowest BCUT2D eigenvalue weighted by Crippen LogP contribution is -2.39. The third-order valence-corrected chi connectivity index (χ3v) is 3.54. The van der Waals surface area contributed by atoms with E-state index in [4.69, 9.17) is 11.6 Å². The Labute approximate surface area is 98.3 Å². The lowest BCUT2D eigenvalue weighted by Gasteiger charge is -2.23. The summed E-state index contributed by atoms with van der Waals surface area (Å²) in [7, 11) is 0. The van der Waals surface area contributed by atoms with Crippen molar-refractivity contribution in [2.24, 2.45) is 5.41 Å². The number of aromatic amines is 1. The van der Waals surface area contributed by atoms with Crippen LogP contribution in [0.15, 0.2) is 15.7 Å². The van der Waals surface area contributed by atoms with Crippen LogP contribution in [0.2, 0.25) is 5.15 Å². The molecule has 0 aliphatic heterocycles. The van der Waals surface area contributed by atoms with E-state index >= 15 is 0 Å². The highest BCUT2D eigenvalue weighted by atomic mass is 35.5. The molecule has 1 saturated carbocycles. The van der Waals surface area contributed by atoms with Gasteiger partial charge >= 0.3 is 5.69 Å². The van der Waals surface area contributed by atoms with Gasteiger partial charge in [-0.15, -0.1) is 0 Å². The molecule has 88 valence electrons. The number of hydrogen-bond acceptors (Lipinski definition) is 2. The molecule has 0 bridgehead atoms. The number of nitrogens with zero attached hydrogens (tertiary/aromatic N) is 1. The molecule has 0 aromatic carbocycles. The maximum atomic E-state index is 11.6. The van der Waals surface area contributed by atoms with Crippen molar-refractivity contribution >= 4 is 11.6 Å². The molecule has 1 aromatic rings. The van der Waals surface area contributed by atoms with Crippen LogP contribution in [0, 0.1) is 5.41 Å². The van der Waals surface area contributed by atoms with Crippen molar-refractivity contribution in [2.75, 3.05) is 0 Å². The predicted octanol–water partition coefficient (Wildman–Crippen LogP) is 1.77. The quantitative estimate of drug-likeness (QED) is 0.804. The van der Waals surface area contributed by atoms with Crippen molar-refractivity contribution in [3.63, 3.8) is 0 Å². The number of hydrogen-bond donors (Lipinski definition) is 1. The van der Waals surface area contributed by atoms with Gasteiger partial charge < -0.3 is 0 Å². The molecule has 0 radical (unpaired) electrons. The summed E-state index contributed by atoms with van der Waals surface area (Å²) in [5, 5.41) is 0.0998. The summed E-state index contributed by atoms with van der Waals surface area (Å²) in [6, 6.07) is 1.25. The average molecular weight is 243 g/mol. The van der Waals surface area contributed by atoms with Crippen LogP contribution in [0.1, 0.15) is 32.6 Å². The summed E-state index contributed by atoms with van der Waals surface area (Å²) in [5.74, 6) is 0. The zero-order valence-electron chi connectivity index (χ0n) is 9.25. The van der Waals surface area contributed by atoms with Crippen LogP contribution in [0.3, 0.4) is 0 Å². The Morgan fingerprint density at radius 1 is 1.44 bits per heavy atom. The minimum atomic E-state index is -0.411. The second-order valence-electron chi connectivity index (χ2n) is 4.86. The van der Waals surface area contributed by atoms with E-state index in [-0.39, 0.29) is 16.1 Å². The summed E-state index contributed by atoms with van der Waals surface area (Å²) in [6.45, 7) is 2.61. The number of aromatic nitrogens is 2. The maximum Gasteiger partial charge on any atom is 0.329 e. The Hall–Kier alpha value is -1.03. The Bertz CT molecular complexity index is 466. The smallest absolute Gasteiger partial charge is 0.298 e. The standard InChI is InChI=1S/C11H15ClN2O2/c1-11(4-2-3-5-11)7-14-9(15)6-8(12)13-10(14)16/h6H,2-5,7H2,1H3,(H,13,16). The van der Waals surface area contributed by atoms with E-state index in [1.165, 1.54) is 23.5 Å². The first-order chi connectivity index (χ1) is 7.50. The third kappa shape index (κ3) is 2.21. The van der Waals surface area contributed by atoms with Gasteiger partial charge in [-0.25, -0.2) is 4.79 Å². The molecule has 1 heterocycles. The van der Waals surface area contributed by atoms with Crippen LogP contribution in [0.5, 0.6) is 0 Å². The fourth-order valence-corrected chi connectivity index (χ4v) is 2.58. The van der Waals surface area contributed by atoms with Gasteiger partial charge in [0.1, 0.15) is 5.15 Å². The molecule has 1 aromatic heterocycles. The molecule has 4 nitrogen and oxygen atoms in total. The lowest BCUT2D eigenvalue weighted by atomic mass is 9.89.